The standard InChI is InChI=1S/C16H17N5O/c1-10-4-11(7-18-2)19-8-15(10)22-12-5-13(17)16-14(6-12)21(3)9-20-16/h4-9H,17H2,1-3H3. The Bertz CT molecular complexity index is 866. The van der Waals surface area contributed by atoms with Gasteiger partial charge in [0.2, 0.25) is 0 Å². The van der Waals surface area contributed by atoms with Gasteiger partial charge in [-0.1, -0.05) is 0 Å². The van der Waals surface area contributed by atoms with Gasteiger partial charge in [0.15, 0.2) is 0 Å². The molecular weight excluding hydrogens is 278 g/mol. The molecule has 0 radical (unpaired) electrons. The lowest BCUT2D eigenvalue weighted by molar-refractivity contribution is 0.477. The molecular formula is C16H17N5O. The van der Waals surface area contributed by atoms with Crippen molar-refractivity contribution >= 4 is 22.9 Å². The Labute approximate surface area is 128 Å². The third-order valence-electron chi connectivity index (χ3n) is 3.41. The SMILES string of the molecule is CN=Cc1cc(C)c(Oc2cc(N)c3ncn(C)c3c2)cn1. The van der Waals surface area contributed by atoms with E-state index in [9.17, 15) is 0 Å². The van der Waals surface area contributed by atoms with Crippen molar-refractivity contribution in [1.29, 1.82) is 0 Å². The smallest absolute Gasteiger partial charge is 0.148 e. The first kappa shape index (κ1) is 14.1. The number of fused-ring (bicyclic) bond motifs is 1. The molecule has 0 aliphatic heterocycles. The third-order valence-corrected chi connectivity index (χ3v) is 3.41. The quantitative estimate of drug-likeness (QED) is 0.595. The van der Waals surface area contributed by atoms with Gasteiger partial charge < -0.3 is 15.0 Å². The van der Waals surface area contributed by atoms with Crippen molar-refractivity contribution in [2.24, 2.45) is 12.0 Å². The van der Waals surface area contributed by atoms with E-state index in [1.54, 1.807) is 31.9 Å². The maximum atomic E-state index is 6.04. The van der Waals surface area contributed by atoms with Gasteiger partial charge >= 0.3 is 0 Å². The molecule has 0 spiro atoms. The maximum absolute atomic E-state index is 6.04. The molecule has 0 aliphatic rings. The maximum Gasteiger partial charge on any atom is 0.148 e. The highest BCUT2D eigenvalue weighted by molar-refractivity contribution is 5.88. The minimum Gasteiger partial charge on any atom is -0.455 e. The van der Waals surface area contributed by atoms with Crippen LogP contribution in [-0.2, 0) is 7.05 Å². The molecule has 3 aromatic rings. The number of nitrogens with two attached hydrogens (primary N) is 1. The molecule has 0 saturated carbocycles. The second-order valence-corrected chi connectivity index (χ2v) is 5.10. The molecule has 0 unspecified atom stereocenters. The molecule has 112 valence electrons. The van der Waals surface area contributed by atoms with Crippen molar-refractivity contribution in [2.75, 3.05) is 12.8 Å². The molecule has 1 aromatic carbocycles. The fourth-order valence-corrected chi connectivity index (χ4v) is 2.29. The normalized spacial score (nSPS) is 11.4. The molecule has 2 N–H and O–H groups in total. The van der Waals surface area contributed by atoms with Crippen LogP contribution >= 0.6 is 0 Å². The van der Waals surface area contributed by atoms with Crippen LogP contribution in [0.1, 0.15) is 11.3 Å². The Balaban J connectivity index is 1.97. The van der Waals surface area contributed by atoms with Gasteiger partial charge in [0.25, 0.3) is 0 Å². The van der Waals surface area contributed by atoms with E-state index in [1.807, 2.05) is 30.7 Å². The van der Waals surface area contributed by atoms with Crippen LogP contribution in [-0.4, -0.2) is 27.8 Å². The third kappa shape index (κ3) is 2.50. The van der Waals surface area contributed by atoms with Gasteiger partial charge in [-0.05, 0) is 18.6 Å². The largest absolute Gasteiger partial charge is 0.455 e. The molecule has 0 saturated heterocycles. The average Bonchev–Trinajstić information content (AvgIpc) is 2.85. The van der Waals surface area contributed by atoms with Gasteiger partial charge in [0.05, 0.1) is 29.4 Å². The summed E-state index contributed by atoms with van der Waals surface area (Å²) in [7, 11) is 3.64. The molecule has 0 aliphatic carbocycles. The zero-order chi connectivity index (χ0) is 15.7. The summed E-state index contributed by atoms with van der Waals surface area (Å²) in [6, 6.07) is 5.62. The van der Waals surface area contributed by atoms with E-state index in [-0.39, 0.29) is 0 Å². The van der Waals surface area contributed by atoms with E-state index in [0.29, 0.717) is 17.2 Å². The molecule has 22 heavy (non-hydrogen) atoms. The Morgan fingerprint density at radius 2 is 2.09 bits per heavy atom. The number of rotatable bonds is 3. The molecule has 0 amide bonds. The van der Waals surface area contributed by atoms with Crippen LogP contribution in [0, 0.1) is 6.92 Å². The second kappa shape index (κ2) is 5.48. The van der Waals surface area contributed by atoms with Crippen molar-refractivity contribution in [3.63, 3.8) is 0 Å². The molecule has 6 heteroatoms. The molecule has 2 heterocycles. The number of nitrogens with zero attached hydrogens (tertiary/aromatic N) is 4. The van der Waals surface area contributed by atoms with Crippen molar-refractivity contribution in [2.45, 2.75) is 6.92 Å². The zero-order valence-electron chi connectivity index (χ0n) is 12.7. The van der Waals surface area contributed by atoms with Gasteiger partial charge in [-0.25, -0.2) is 4.98 Å². The van der Waals surface area contributed by atoms with Gasteiger partial charge in [0, 0.05) is 32.4 Å². The highest BCUT2D eigenvalue weighted by Crippen LogP contribution is 2.30. The summed E-state index contributed by atoms with van der Waals surface area (Å²) in [5.41, 5.74) is 10.1. The fourth-order valence-electron chi connectivity index (χ4n) is 2.29. The summed E-state index contributed by atoms with van der Waals surface area (Å²) in [6.07, 6.45) is 5.13. The molecule has 6 nitrogen and oxygen atoms in total. The highest BCUT2D eigenvalue weighted by atomic mass is 16.5. The van der Waals surface area contributed by atoms with Crippen molar-refractivity contribution < 1.29 is 4.74 Å². The summed E-state index contributed by atoms with van der Waals surface area (Å²) >= 11 is 0. The lowest BCUT2D eigenvalue weighted by atomic mass is 10.2. The predicted molar refractivity (Wildman–Crippen MR) is 87.7 cm³/mol. The second-order valence-electron chi connectivity index (χ2n) is 5.10. The van der Waals surface area contributed by atoms with Gasteiger partial charge in [0.1, 0.15) is 17.0 Å². The van der Waals surface area contributed by atoms with Crippen molar-refractivity contribution in [3.05, 3.63) is 42.0 Å². The van der Waals surface area contributed by atoms with E-state index in [0.717, 1.165) is 22.3 Å². The Morgan fingerprint density at radius 1 is 1.27 bits per heavy atom. The number of aromatic nitrogens is 3. The Kier molecular flexibility index (Phi) is 3.50. The molecule has 3 rings (SSSR count). The van der Waals surface area contributed by atoms with Crippen LogP contribution in [0.25, 0.3) is 11.0 Å². The van der Waals surface area contributed by atoms with E-state index in [4.69, 9.17) is 10.5 Å². The van der Waals surface area contributed by atoms with Crippen molar-refractivity contribution in [3.8, 4) is 11.5 Å². The van der Waals surface area contributed by atoms with Crippen LogP contribution in [0.15, 0.2) is 35.7 Å². The highest BCUT2D eigenvalue weighted by Gasteiger charge is 2.09. The van der Waals surface area contributed by atoms with E-state index >= 15 is 0 Å². The minimum atomic E-state index is 0.591. The number of anilines is 1. The van der Waals surface area contributed by atoms with Crippen LogP contribution in [0.2, 0.25) is 0 Å². The van der Waals surface area contributed by atoms with E-state index in [2.05, 4.69) is 15.0 Å². The number of hydrogen-bond donors (Lipinski definition) is 1. The van der Waals surface area contributed by atoms with Gasteiger partial charge in [-0.3, -0.25) is 9.98 Å². The van der Waals surface area contributed by atoms with Crippen LogP contribution in [0.3, 0.4) is 0 Å². The number of hydrogen-bond acceptors (Lipinski definition) is 5. The number of benzene rings is 1. The molecule has 0 fully saturated rings. The summed E-state index contributed by atoms with van der Waals surface area (Å²) in [4.78, 5) is 12.5. The molecule has 2 aromatic heterocycles. The minimum absolute atomic E-state index is 0.591. The number of ether oxygens (including phenoxy) is 1. The monoisotopic (exact) mass is 295 g/mol. The summed E-state index contributed by atoms with van der Waals surface area (Å²) < 4.78 is 7.83. The fraction of sp³-hybridized carbons (Fsp3) is 0.188. The number of aliphatic imine (C=N–C) groups is 1. The van der Waals surface area contributed by atoms with Crippen LogP contribution in [0.5, 0.6) is 11.5 Å². The lowest BCUT2D eigenvalue weighted by Crippen LogP contribution is -1.95. The Morgan fingerprint density at radius 3 is 2.82 bits per heavy atom. The Hall–Kier alpha value is -2.89. The molecule has 0 atom stereocenters. The predicted octanol–water partition coefficient (Wildman–Crippen LogP) is 2.70. The van der Waals surface area contributed by atoms with Gasteiger partial charge in [-0.15, -0.1) is 0 Å². The summed E-state index contributed by atoms with van der Waals surface area (Å²) in [6.45, 7) is 1.97. The van der Waals surface area contributed by atoms with Crippen LogP contribution in [0.4, 0.5) is 5.69 Å². The first-order valence-electron chi connectivity index (χ1n) is 6.85. The average molecular weight is 295 g/mol. The number of aryl methyl sites for hydroxylation is 2. The number of imidazole rings is 1. The summed E-state index contributed by atoms with van der Waals surface area (Å²) in [5, 5.41) is 0. The number of nitrogen functional groups attached to an aromatic ring is 1. The topological polar surface area (TPSA) is 78.3 Å². The zero-order valence-corrected chi connectivity index (χ0v) is 12.7. The first-order chi connectivity index (χ1) is 10.6. The van der Waals surface area contributed by atoms with Gasteiger partial charge in [-0.2, -0.15) is 0 Å². The first-order valence-corrected chi connectivity index (χ1v) is 6.85. The lowest BCUT2D eigenvalue weighted by Gasteiger charge is -2.10. The molecule has 0 bridgehead atoms. The van der Waals surface area contributed by atoms with Crippen LogP contribution < -0.4 is 10.5 Å². The summed E-state index contributed by atoms with van der Waals surface area (Å²) in [5.74, 6) is 1.35. The van der Waals surface area contributed by atoms with E-state index in [1.165, 1.54) is 0 Å². The van der Waals surface area contributed by atoms with Crippen molar-refractivity contribution in [1.82, 2.24) is 14.5 Å². The van der Waals surface area contributed by atoms with E-state index < -0.39 is 0 Å². The number of pyridine rings is 1.